The molecule has 2 aliphatic rings. The highest BCUT2D eigenvalue weighted by molar-refractivity contribution is 5.96. The van der Waals surface area contributed by atoms with Gasteiger partial charge in [0, 0.05) is 50.7 Å². The first-order valence-corrected chi connectivity index (χ1v) is 19.1. The molecule has 9 nitrogen and oxygen atoms in total. The van der Waals surface area contributed by atoms with Crippen molar-refractivity contribution in [2.75, 3.05) is 26.2 Å². The summed E-state index contributed by atoms with van der Waals surface area (Å²) in [5.74, 6) is -0.259. The lowest BCUT2D eigenvalue weighted by molar-refractivity contribution is 0.0139. The van der Waals surface area contributed by atoms with Crippen molar-refractivity contribution in [2.45, 2.75) is 71.8 Å². The summed E-state index contributed by atoms with van der Waals surface area (Å²) >= 11 is 0. The normalized spacial score (nSPS) is 16.2. The molecule has 3 aromatic carbocycles. The Morgan fingerprint density at radius 1 is 0.909 bits per heavy atom. The molecule has 55 heavy (non-hydrogen) atoms. The van der Waals surface area contributed by atoms with Crippen molar-refractivity contribution in [3.63, 3.8) is 0 Å². The molecular formula is C44H49F2N5O4. The number of aromatic nitrogens is 3. The monoisotopic (exact) mass is 749 g/mol. The van der Waals surface area contributed by atoms with Crippen LogP contribution < -0.4 is 9.47 Å². The van der Waals surface area contributed by atoms with Crippen LogP contribution in [-0.4, -0.2) is 68.5 Å². The minimum atomic E-state index is -0.638. The Bertz CT molecular complexity index is 2160. The molecule has 7 rings (SSSR count). The fraction of sp³-hybridized carbons (Fsp3) is 0.386. The average Bonchev–Trinajstić information content (AvgIpc) is 3.51. The largest absolute Gasteiger partial charge is 0.473 e. The van der Waals surface area contributed by atoms with E-state index in [0.717, 1.165) is 24.0 Å². The van der Waals surface area contributed by atoms with Gasteiger partial charge in [-0.25, -0.2) is 13.6 Å². The Morgan fingerprint density at radius 2 is 1.56 bits per heavy atom. The standard InChI is InChI=1S/C44H49F2N5O4/c1-29(32-18-24-51(25-19-32)43(52)55-44(2,3)4)50-22-20-33(21-23-50)38-36(45)26-35-40(48-49(5)41(35)39(38)46)34-16-17-37(53-27-30-12-8-6-9-13-30)47-42(34)54-28-31-14-10-7-11-15-31/h6-17,20,26,29,32H,18-19,21-25,27-28H2,1-5H3/t29-/m0/s1. The van der Waals surface area contributed by atoms with Crippen LogP contribution in [0.5, 0.6) is 11.8 Å². The zero-order chi connectivity index (χ0) is 38.7. The van der Waals surface area contributed by atoms with E-state index in [2.05, 4.69) is 11.8 Å². The number of carbonyl (C=O) groups is 1. The number of rotatable bonds is 10. The van der Waals surface area contributed by atoms with Gasteiger partial charge in [0.25, 0.3) is 0 Å². The van der Waals surface area contributed by atoms with Crippen molar-refractivity contribution in [3.8, 4) is 23.0 Å². The smallest absolute Gasteiger partial charge is 0.410 e. The number of pyridine rings is 1. The Balaban J connectivity index is 1.10. The maximum absolute atomic E-state index is 16.6. The van der Waals surface area contributed by atoms with Gasteiger partial charge in [0.1, 0.15) is 35.8 Å². The van der Waals surface area contributed by atoms with E-state index in [4.69, 9.17) is 24.3 Å². The molecule has 0 spiro atoms. The summed E-state index contributed by atoms with van der Waals surface area (Å²) in [5.41, 5.74) is 3.12. The summed E-state index contributed by atoms with van der Waals surface area (Å²) < 4.78 is 52.0. The van der Waals surface area contributed by atoms with Crippen LogP contribution in [-0.2, 0) is 25.0 Å². The van der Waals surface area contributed by atoms with Crippen LogP contribution in [0, 0.1) is 17.6 Å². The molecule has 0 bridgehead atoms. The van der Waals surface area contributed by atoms with Crippen molar-refractivity contribution in [1.29, 1.82) is 0 Å². The van der Waals surface area contributed by atoms with Crippen molar-refractivity contribution in [1.82, 2.24) is 24.6 Å². The number of carbonyl (C=O) groups excluding carboxylic acids is 1. The maximum Gasteiger partial charge on any atom is 0.410 e. The highest BCUT2D eigenvalue weighted by Crippen LogP contribution is 2.40. The highest BCUT2D eigenvalue weighted by atomic mass is 19.1. The van der Waals surface area contributed by atoms with E-state index in [9.17, 15) is 4.79 Å². The Morgan fingerprint density at radius 3 is 2.18 bits per heavy atom. The van der Waals surface area contributed by atoms with E-state index in [1.54, 1.807) is 24.1 Å². The molecule has 0 saturated carbocycles. The maximum atomic E-state index is 16.6. The molecule has 1 atom stereocenters. The molecule has 2 aliphatic heterocycles. The number of likely N-dealkylation sites (tertiary alicyclic amines) is 1. The lowest BCUT2D eigenvalue weighted by atomic mass is 9.88. The molecule has 0 radical (unpaired) electrons. The van der Waals surface area contributed by atoms with E-state index in [0.29, 0.717) is 73.2 Å². The zero-order valence-corrected chi connectivity index (χ0v) is 32.2. The first-order valence-electron chi connectivity index (χ1n) is 19.1. The van der Waals surface area contributed by atoms with E-state index in [1.165, 1.54) is 10.7 Å². The lowest BCUT2D eigenvalue weighted by Crippen LogP contribution is -2.47. The van der Waals surface area contributed by atoms with Crippen molar-refractivity contribution >= 4 is 22.6 Å². The van der Waals surface area contributed by atoms with Crippen LogP contribution in [0.4, 0.5) is 13.6 Å². The molecule has 11 heteroatoms. The molecule has 4 heterocycles. The quantitative estimate of drug-likeness (QED) is 0.141. The fourth-order valence-electron chi connectivity index (χ4n) is 7.58. The van der Waals surface area contributed by atoms with Crippen LogP contribution in [0.15, 0.2) is 84.9 Å². The van der Waals surface area contributed by atoms with Gasteiger partial charge >= 0.3 is 6.09 Å². The number of ether oxygens (including phenoxy) is 3. The van der Waals surface area contributed by atoms with Gasteiger partial charge in [-0.1, -0.05) is 66.7 Å². The van der Waals surface area contributed by atoms with E-state index >= 15 is 8.78 Å². The fourth-order valence-corrected chi connectivity index (χ4v) is 7.58. The van der Waals surface area contributed by atoms with Crippen molar-refractivity contribution in [2.24, 2.45) is 13.0 Å². The summed E-state index contributed by atoms with van der Waals surface area (Å²) in [4.78, 5) is 21.4. The van der Waals surface area contributed by atoms with Gasteiger partial charge in [-0.05, 0) is 81.7 Å². The molecule has 2 aromatic heterocycles. The third-order valence-corrected chi connectivity index (χ3v) is 10.6. The number of fused-ring (bicyclic) bond motifs is 1. The molecule has 1 amide bonds. The Labute approximate surface area is 321 Å². The van der Waals surface area contributed by atoms with Crippen LogP contribution in [0.1, 0.15) is 63.6 Å². The third-order valence-electron chi connectivity index (χ3n) is 10.6. The second-order valence-electron chi connectivity index (χ2n) is 15.5. The SMILES string of the molecule is C[C@@H](C1CCN(C(=O)OC(C)(C)C)CC1)N1CC=C(c2c(F)cc3c(-c4ccc(OCc5ccccc5)nc4OCc4ccccc4)nn(C)c3c2F)CC1. The van der Waals surface area contributed by atoms with E-state index in [1.807, 2.05) is 87.5 Å². The van der Waals surface area contributed by atoms with Crippen LogP contribution in [0.25, 0.3) is 27.7 Å². The average molecular weight is 750 g/mol. The predicted octanol–water partition coefficient (Wildman–Crippen LogP) is 9.20. The number of hydrogen-bond acceptors (Lipinski definition) is 7. The first kappa shape index (κ1) is 38.0. The van der Waals surface area contributed by atoms with Gasteiger partial charge in [0.2, 0.25) is 11.8 Å². The second kappa shape index (κ2) is 16.2. The summed E-state index contributed by atoms with van der Waals surface area (Å²) in [6, 6.07) is 24.6. The van der Waals surface area contributed by atoms with Gasteiger partial charge < -0.3 is 19.1 Å². The second-order valence-corrected chi connectivity index (χ2v) is 15.5. The number of benzene rings is 3. The summed E-state index contributed by atoms with van der Waals surface area (Å²) in [6.07, 6.45) is 3.97. The summed E-state index contributed by atoms with van der Waals surface area (Å²) in [7, 11) is 1.67. The van der Waals surface area contributed by atoms with Gasteiger partial charge in [0.05, 0.1) is 11.1 Å². The lowest BCUT2D eigenvalue weighted by Gasteiger charge is -2.41. The number of hydrogen-bond donors (Lipinski definition) is 0. The number of aryl methyl sites for hydroxylation is 1. The van der Waals surface area contributed by atoms with E-state index < -0.39 is 17.2 Å². The van der Waals surface area contributed by atoms with Gasteiger partial charge in [0.15, 0.2) is 5.82 Å². The third kappa shape index (κ3) is 8.67. The van der Waals surface area contributed by atoms with Gasteiger partial charge in [-0.2, -0.15) is 10.1 Å². The molecule has 288 valence electrons. The zero-order valence-electron chi connectivity index (χ0n) is 32.2. The minimum absolute atomic E-state index is 0.0108. The molecule has 1 fully saturated rings. The number of piperidine rings is 1. The molecule has 0 aliphatic carbocycles. The van der Waals surface area contributed by atoms with E-state index in [-0.39, 0.29) is 35.7 Å². The van der Waals surface area contributed by atoms with Gasteiger partial charge in [-0.15, -0.1) is 0 Å². The van der Waals surface area contributed by atoms with Gasteiger partial charge in [-0.3, -0.25) is 9.58 Å². The molecular weight excluding hydrogens is 701 g/mol. The Kier molecular flexibility index (Phi) is 11.2. The minimum Gasteiger partial charge on any atom is -0.473 e. The number of halogens is 2. The van der Waals surface area contributed by atoms with Crippen LogP contribution in [0.3, 0.4) is 0 Å². The molecule has 1 saturated heterocycles. The topological polar surface area (TPSA) is 82.0 Å². The Hall–Kier alpha value is -5.29. The number of amides is 1. The highest BCUT2D eigenvalue weighted by Gasteiger charge is 2.33. The first-order chi connectivity index (χ1) is 26.4. The van der Waals surface area contributed by atoms with Crippen molar-refractivity contribution in [3.05, 3.63) is 113 Å². The summed E-state index contributed by atoms with van der Waals surface area (Å²) in [6.45, 7) is 11.0. The number of nitrogens with zero attached hydrogens (tertiary/aromatic N) is 5. The molecule has 0 N–H and O–H groups in total. The van der Waals surface area contributed by atoms with Crippen molar-refractivity contribution < 1.29 is 27.8 Å². The molecule has 0 unspecified atom stereocenters. The van der Waals surface area contributed by atoms with Crippen LogP contribution in [0.2, 0.25) is 0 Å². The summed E-state index contributed by atoms with van der Waals surface area (Å²) in [5, 5.41) is 5.03. The predicted molar refractivity (Wildman–Crippen MR) is 210 cm³/mol. The van der Waals surface area contributed by atoms with Crippen LogP contribution >= 0.6 is 0 Å². The molecule has 5 aromatic rings.